The third kappa shape index (κ3) is 3.12. The zero-order valence-electron chi connectivity index (χ0n) is 12.0. The van der Waals surface area contributed by atoms with Crippen LogP contribution in [-0.4, -0.2) is 63.8 Å². The van der Waals surface area contributed by atoms with Gasteiger partial charge < -0.3 is 20.0 Å². The van der Waals surface area contributed by atoms with Crippen molar-refractivity contribution in [1.82, 2.24) is 9.80 Å². The molecule has 1 rings (SSSR count). The summed E-state index contributed by atoms with van der Waals surface area (Å²) in [5, 5.41) is 18.6. The first-order valence-electron chi connectivity index (χ1n) is 7.05. The lowest BCUT2D eigenvalue weighted by atomic mass is 9.91. The van der Waals surface area contributed by atoms with Crippen LogP contribution in [0.5, 0.6) is 0 Å². The molecule has 0 aromatic carbocycles. The Hall–Kier alpha value is -1.56. The lowest BCUT2D eigenvalue weighted by Gasteiger charge is -2.37. The fourth-order valence-electron chi connectivity index (χ4n) is 2.87. The minimum absolute atomic E-state index is 0.152. The third-order valence-electron chi connectivity index (χ3n) is 3.77. The Bertz CT molecular complexity index is 372. The molecule has 0 spiro atoms. The number of amides is 2. The molecule has 114 valence electrons. The molecule has 1 heterocycles. The number of rotatable bonds is 7. The van der Waals surface area contributed by atoms with Crippen molar-refractivity contribution in [1.29, 1.82) is 0 Å². The molecule has 1 saturated heterocycles. The van der Waals surface area contributed by atoms with E-state index in [4.69, 9.17) is 5.11 Å². The predicted molar refractivity (Wildman–Crippen MR) is 75.5 cm³/mol. The second-order valence-corrected chi connectivity index (χ2v) is 5.08. The fraction of sp³-hybridized carbons (Fsp3) is 0.714. The van der Waals surface area contributed by atoms with Crippen LogP contribution in [0.25, 0.3) is 0 Å². The van der Waals surface area contributed by atoms with Crippen molar-refractivity contribution < 1.29 is 19.8 Å². The lowest BCUT2D eigenvalue weighted by Crippen LogP contribution is -2.57. The van der Waals surface area contributed by atoms with Crippen LogP contribution in [0, 0.1) is 0 Å². The normalized spacial score (nSPS) is 21.8. The molecular formula is C14H24N2O4. The summed E-state index contributed by atoms with van der Waals surface area (Å²) in [5.41, 5.74) is -1.10. The molecule has 0 aromatic heterocycles. The number of carbonyl (C=O) groups excluding carboxylic acids is 1. The van der Waals surface area contributed by atoms with Gasteiger partial charge in [0.15, 0.2) is 0 Å². The van der Waals surface area contributed by atoms with Crippen LogP contribution < -0.4 is 0 Å². The number of hydrogen-bond acceptors (Lipinski definition) is 3. The molecule has 1 atom stereocenters. The summed E-state index contributed by atoms with van der Waals surface area (Å²) >= 11 is 0. The van der Waals surface area contributed by atoms with Crippen LogP contribution in [-0.2, 0) is 4.79 Å². The average molecular weight is 284 g/mol. The van der Waals surface area contributed by atoms with Gasteiger partial charge in [0.2, 0.25) is 0 Å². The number of urea groups is 1. The largest absolute Gasteiger partial charge is 0.479 e. The SMILES string of the molecule is C=CCN(CCO)C(=O)N1CCCC1(CCC)C(=O)O. The minimum Gasteiger partial charge on any atom is -0.479 e. The molecule has 1 aliphatic rings. The van der Waals surface area contributed by atoms with Crippen LogP contribution in [0.15, 0.2) is 12.7 Å². The fourth-order valence-corrected chi connectivity index (χ4v) is 2.87. The van der Waals surface area contributed by atoms with E-state index in [0.717, 1.165) is 0 Å². The number of likely N-dealkylation sites (tertiary alicyclic amines) is 1. The van der Waals surface area contributed by atoms with E-state index in [-0.39, 0.29) is 19.2 Å². The average Bonchev–Trinajstić information content (AvgIpc) is 2.83. The summed E-state index contributed by atoms with van der Waals surface area (Å²) in [6, 6.07) is -0.327. The van der Waals surface area contributed by atoms with Gasteiger partial charge in [-0.25, -0.2) is 9.59 Å². The van der Waals surface area contributed by atoms with Crippen molar-refractivity contribution in [3.8, 4) is 0 Å². The number of carboxylic acid groups (broad SMARTS) is 1. The first kappa shape index (κ1) is 16.5. The van der Waals surface area contributed by atoms with Crippen LogP contribution in [0.3, 0.4) is 0 Å². The number of aliphatic carboxylic acids is 1. The molecule has 1 unspecified atom stereocenters. The second kappa shape index (κ2) is 7.28. The van der Waals surface area contributed by atoms with Crippen LogP contribution >= 0.6 is 0 Å². The van der Waals surface area contributed by atoms with Crippen molar-refractivity contribution in [2.24, 2.45) is 0 Å². The maximum atomic E-state index is 12.5. The van der Waals surface area contributed by atoms with Crippen LogP contribution in [0.2, 0.25) is 0 Å². The summed E-state index contributed by atoms with van der Waals surface area (Å²) in [6.07, 6.45) is 3.92. The minimum atomic E-state index is -1.10. The Labute approximate surface area is 119 Å². The Morgan fingerprint density at radius 3 is 2.70 bits per heavy atom. The highest BCUT2D eigenvalue weighted by atomic mass is 16.4. The van der Waals surface area contributed by atoms with E-state index in [9.17, 15) is 14.7 Å². The lowest BCUT2D eigenvalue weighted by molar-refractivity contribution is -0.148. The monoisotopic (exact) mass is 284 g/mol. The Balaban J connectivity index is 2.98. The van der Waals surface area contributed by atoms with Crippen molar-refractivity contribution in [3.63, 3.8) is 0 Å². The molecule has 6 nitrogen and oxygen atoms in total. The van der Waals surface area contributed by atoms with Crippen molar-refractivity contribution in [2.75, 3.05) is 26.2 Å². The van der Waals surface area contributed by atoms with Gasteiger partial charge in [-0.15, -0.1) is 6.58 Å². The van der Waals surface area contributed by atoms with Crippen molar-refractivity contribution in [3.05, 3.63) is 12.7 Å². The molecule has 2 N–H and O–H groups in total. The number of carboxylic acids is 1. The smallest absolute Gasteiger partial charge is 0.329 e. The highest BCUT2D eigenvalue weighted by Crippen LogP contribution is 2.34. The highest BCUT2D eigenvalue weighted by molar-refractivity contribution is 5.87. The molecule has 0 aromatic rings. The van der Waals surface area contributed by atoms with E-state index in [1.165, 1.54) is 9.80 Å². The molecule has 0 aliphatic carbocycles. The van der Waals surface area contributed by atoms with Crippen LogP contribution in [0.4, 0.5) is 4.79 Å². The summed E-state index contributed by atoms with van der Waals surface area (Å²) < 4.78 is 0. The molecule has 2 amide bonds. The van der Waals surface area contributed by atoms with Crippen LogP contribution in [0.1, 0.15) is 32.6 Å². The Morgan fingerprint density at radius 1 is 1.50 bits per heavy atom. The first-order valence-corrected chi connectivity index (χ1v) is 7.05. The zero-order valence-corrected chi connectivity index (χ0v) is 12.0. The summed E-state index contributed by atoms with van der Waals surface area (Å²) in [5.74, 6) is -0.937. The number of aliphatic hydroxyl groups excluding tert-OH is 1. The highest BCUT2D eigenvalue weighted by Gasteiger charge is 2.50. The molecule has 20 heavy (non-hydrogen) atoms. The van der Waals surface area contributed by atoms with Gasteiger partial charge in [0.25, 0.3) is 0 Å². The topological polar surface area (TPSA) is 81.1 Å². The molecule has 1 aliphatic heterocycles. The number of nitrogens with zero attached hydrogens (tertiary/aromatic N) is 2. The van der Waals surface area contributed by atoms with Crippen molar-refractivity contribution >= 4 is 12.0 Å². The second-order valence-electron chi connectivity index (χ2n) is 5.08. The molecular weight excluding hydrogens is 260 g/mol. The van der Waals surface area contributed by atoms with Gasteiger partial charge >= 0.3 is 12.0 Å². The van der Waals surface area contributed by atoms with Gasteiger partial charge in [-0.2, -0.15) is 0 Å². The summed E-state index contributed by atoms with van der Waals surface area (Å²) in [6.45, 7) is 6.29. The van der Waals surface area contributed by atoms with Gasteiger partial charge in [-0.3, -0.25) is 0 Å². The molecule has 1 fully saturated rings. The zero-order chi connectivity index (χ0) is 15.2. The maximum absolute atomic E-state index is 12.5. The molecule has 0 radical (unpaired) electrons. The first-order chi connectivity index (χ1) is 9.53. The van der Waals surface area contributed by atoms with Gasteiger partial charge in [0.05, 0.1) is 6.61 Å². The Morgan fingerprint density at radius 2 is 2.20 bits per heavy atom. The summed E-state index contributed by atoms with van der Waals surface area (Å²) in [4.78, 5) is 27.1. The quantitative estimate of drug-likeness (QED) is 0.691. The Kier molecular flexibility index (Phi) is 6.01. The van der Waals surface area contributed by atoms with Gasteiger partial charge in [-0.05, 0) is 19.3 Å². The molecule has 6 heteroatoms. The van der Waals surface area contributed by atoms with E-state index in [0.29, 0.717) is 38.8 Å². The standard InChI is InChI=1S/C14H24N2O4/c1-3-6-14(12(18)19)7-5-9-16(14)13(20)15(8-4-2)10-11-17/h4,17H,2-3,5-11H2,1H3,(H,18,19). The molecule has 0 saturated carbocycles. The van der Waals surface area contributed by atoms with E-state index in [1.807, 2.05) is 6.92 Å². The predicted octanol–water partition coefficient (Wildman–Crippen LogP) is 1.31. The van der Waals surface area contributed by atoms with Crippen molar-refractivity contribution in [2.45, 2.75) is 38.1 Å². The number of aliphatic hydroxyl groups is 1. The molecule has 0 bridgehead atoms. The maximum Gasteiger partial charge on any atom is 0.329 e. The summed E-state index contributed by atoms with van der Waals surface area (Å²) in [7, 11) is 0. The van der Waals surface area contributed by atoms with Gasteiger partial charge in [-0.1, -0.05) is 19.4 Å². The third-order valence-corrected chi connectivity index (χ3v) is 3.77. The van der Waals surface area contributed by atoms with E-state index in [2.05, 4.69) is 6.58 Å². The number of hydrogen-bond donors (Lipinski definition) is 2. The van der Waals surface area contributed by atoms with E-state index >= 15 is 0 Å². The van der Waals surface area contributed by atoms with Gasteiger partial charge in [0, 0.05) is 19.6 Å². The van der Waals surface area contributed by atoms with Gasteiger partial charge in [0.1, 0.15) is 5.54 Å². The van der Waals surface area contributed by atoms with E-state index < -0.39 is 11.5 Å². The van der Waals surface area contributed by atoms with E-state index in [1.54, 1.807) is 6.08 Å². The number of carbonyl (C=O) groups is 2.